The minimum atomic E-state index is 0.0656. The average Bonchev–Trinajstić information content (AvgIpc) is 2.49. The van der Waals surface area contributed by atoms with Crippen LogP contribution in [0.3, 0.4) is 0 Å². The summed E-state index contributed by atoms with van der Waals surface area (Å²) in [6, 6.07) is 6.20. The lowest BCUT2D eigenvalue weighted by Crippen LogP contribution is -2.44. The molecular weight excluding hydrogens is 387 g/mol. The quantitative estimate of drug-likeness (QED) is 0.604. The largest absolute Gasteiger partial charge is 0.349 e. The van der Waals surface area contributed by atoms with Crippen molar-refractivity contribution in [3.63, 3.8) is 0 Å². The maximum absolute atomic E-state index is 12.4. The van der Waals surface area contributed by atoms with E-state index in [0.717, 1.165) is 47.2 Å². The van der Waals surface area contributed by atoms with E-state index in [4.69, 9.17) is 0 Å². The SMILES string of the molecule is CC(C)=CCN1CCC(NC(=O)c2cccc(C)c2I)CC1. The predicted octanol–water partition coefficient (Wildman–Crippen LogP) is 3.76. The van der Waals surface area contributed by atoms with Crippen LogP contribution in [-0.2, 0) is 0 Å². The number of nitrogens with zero attached hydrogens (tertiary/aromatic N) is 1. The first kappa shape index (κ1) is 17.5. The summed E-state index contributed by atoms with van der Waals surface area (Å²) in [6.07, 6.45) is 4.34. The Kier molecular flexibility index (Phi) is 6.44. The predicted molar refractivity (Wildman–Crippen MR) is 100 cm³/mol. The second-order valence-corrected chi connectivity index (χ2v) is 7.35. The van der Waals surface area contributed by atoms with Gasteiger partial charge in [0.15, 0.2) is 0 Å². The molecular formula is C18H25IN2O. The Morgan fingerprint density at radius 1 is 1.36 bits per heavy atom. The highest BCUT2D eigenvalue weighted by atomic mass is 127. The summed E-state index contributed by atoms with van der Waals surface area (Å²) < 4.78 is 1.05. The number of rotatable bonds is 4. The molecule has 1 aliphatic heterocycles. The van der Waals surface area contributed by atoms with Crippen LogP contribution in [0.4, 0.5) is 0 Å². The van der Waals surface area contributed by atoms with Crippen molar-refractivity contribution in [2.24, 2.45) is 0 Å². The van der Waals surface area contributed by atoms with Crippen LogP contribution in [0.1, 0.15) is 42.6 Å². The number of benzene rings is 1. The van der Waals surface area contributed by atoms with E-state index in [1.54, 1.807) is 0 Å². The topological polar surface area (TPSA) is 32.3 Å². The van der Waals surface area contributed by atoms with Gasteiger partial charge in [-0.15, -0.1) is 0 Å². The molecule has 1 saturated heterocycles. The Hall–Kier alpha value is -0.880. The fraction of sp³-hybridized carbons (Fsp3) is 0.500. The molecule has 4 heteroatoms. The van der Waals surface area contributed by atoms with Crippen molar-refractivity contribution in [2.75, 3.05) is 19.6 Å². The molecule has 120 valence electrons. The van der Waals surface area contributed by atoms with Gasteiger partial charge in [0.1, 0.15) is 0 Å². The number of carbonyl (C=O) groups excluding carboxylic acids is 1. The van der Waals surface area contributed by atoms with Crippen LogP contribution in [0.25, 0.3) is 0 Å². The molecule has 1 aliphatic rings. The van der Waals surface area contributed by atoms with Gasteiger partial charge in [-0.1, -0.05) is 23.8 Å². The van der Waals surface area contributed by atoms with E-state index in [-0.39, 0.29) is 5.91 Å². The third-order valence-corrected chi connectivity index (χ3v) is 5.55. The fourth-order valence-corrected chi connectivity index (χ4v) is 3.26. The highest BCUT2D eigenvalue weighted by Gasteiger charge is 2.21. The highest BCUT2D eigenvalue weighted by molar-refractivity contribution is 14.1. The van der Waals surface area contributed by atoms with Crippen LogP contribution in [-0.4, -0.2) is 36.5 Å². The lowest BCUT2D eigenvalue weighted by molar-refractivity contribution is 0.0913. The van der Waals surface area contributed by atoms with Gasteiger partial charge in [0.25, 0.3) is 5.91 Å². The van der Waals surface area contributed by atoms with Gasteiger partial charge in [-0.3, -0.25) is 9.69 Å². The Balaban J connectivity index is 1.87. The monoisotopic (exact) mass is 412 g/mol. The molecule has 0 aliphatic carbocycles. The second kappa shape index (κ2) is 8.11. The van der Waals surface area contributed by atoms with Gasteiger partial charge in [-0.05, 0) is 67.8 Å². The molecule has 0 bridgehead atoms. The maximum Gasteiger partial charge on any atom is 0.252 e. The minimum Gasteiger partial charge on any atom is -0.349 e. The van der Waals surface area contributed by atoms with Crippen LogP contribution >= 0.6 is 22.6 Å². The van der Waals surface area contributed by atoms with E-state index in [9.17, 15) is 4.79 Å². The van der Waals surface area contributed by atoms with Crippen molar-refractivity contribution in [3.8, 4) is 0 Å². The van der Waals surface area contributed by atoms with E-state index in [1.165, 1.54) is 5.57 Å². The standard InChI is InChI=1S/C18H25IN2O/c1-13(2)7-10-21-11-8-15(9-12-21)20-18(22)16-6-4-5-14(3)17(16)19/h4-7,15H,8-12H2,1-3H3,(H,20,22). The molecule has 0 unspecified atom stereocenters. The fourth-order valence-electron chi connectivity index (χ4n) is 2.66. The number of likely N-dealkylation sites (tertiary alicyclic amines) is 1. The van der Waals surface area contributed by atoms with Crippen LogP contribution in [0, 0.1) is 10.5 Å². The average molecular weight is 412 g/mol. The van der Waals surface area contributed by atoms with Crippen molar-refractivity contribution in [2.45, 2.75) is 39.7 Å². The molecule has 0 spiro atoms. The van der Waals surface area contributed by atoms with Crippen molar-refractivity contribution in [1.29, 1.82) is 0 Å². The number of halogens is 1. The zero-order valence-electron chi connectivity index (χ0n) is 13.7. The van der Waals surface area contributed by atoms with Gasteiger partial charge in [-0.2, -0.15) is 0 Å². The van der Waals surface area contributed by atoms with Crippen LogP contribution in [0.5, 0.6) is 0 Å². The zero-order valence-corrected chi connectivity index (χ0v) is 15.8. The Labute approximate surface area is 147 Å². The van der Waals surface area contributed by atoms with Gasteiger partial charge in [0.2, 0.25) is 0 Å². The molecule has 3 nitrogen and oxygen atoms in total. The highest BCUT2D eigenvalue weighted by Crippen LogP contribution is 2.18. The lowest BCUT2D eigenvalue weighted by Gasteiger charge is -2.31. The smallest absolute Gasteiger partial charge is 0.252 e. The van der Waals surface area contributed by atoms with Crippen LogP contribution in [0.2, 0.25) is 0 Å². The summed E-state index contributed by atoms with van der Waals surface area (Å²) in [6.45, 7) is 9.45. The Morgan fingerprint density at radius 2 is 2.05 bits per heavy atom. The first-order valence-electron chi connectivity index (χ1n) is 7.89. The summed E-state index contributed by atoms with van der Waals surface area (Å²) in [4.78, 5) is 14.9. The molecule has 1 aromatic carbocycles. The number of hydrogen-bond acceptors (Lipinski definition) is 2. The summed E-state index contributed by atoms with van der Waals surface area (Å²) in [7, 11) is 0. The minimum absolute atomic E-state index is 0.0656. The van der Waals surface area contributed by atoms with Gasteiger partial charge < -0.3 is 5.32 Å². The molecule has 22 heavy (non-hydrogen) atoms. The third kappa shape index (κ3) is 4.81. The summed E-state index contributed by atoms with van der Waals surface area (Å²) >= 11 is 2.26. The molecule has 1 N–H and O–H groups in total. The van der Waals surface area contributed by atoms with Crippen molar-refractivity contribution < 1.29 is 4.79 Å². The van der Waals surface area contributed by atoms with Gasteiger partial charge in [0.05, 0.1) is 5.56 Å². The normalized spacial score (nSPS) is 16.4. The van der Waals surface area contributed by atoms with Crippen LogP contribution in [0.15, 0.2) is 29.8 Å². The first-order valence-corrected chi connectivity index (χ1v) is 8.97. The molecule has 0 saturated carbocycles. The number of allylic oxidation sites excluding steroid dienone is 1. The van der Waals surface area contributed by atoms with E-state index < -0.39 is 0 Å². The first-order chi connectivity index (χ1) is 10.5. The van der Waals surface area contributed by atoms with Gasteiger partial charge in [-0.25, -0.2) is 0 Å². The molecule has 1 aromatic rings. The summed E-state index contributed by atoms with van der Waals surface area (Å²) in [5.41, 5.74) is 3.32. The molecule has 0 radical (unpaired) electrons. The number of carbonyl (C=O) groups is 1. The summed E-state index contributed by atoms with van der Waals surface area (Å²) in [5.74, 6) is 0.0656. The second-order valence-electron chi connectivity index (χ2n) is 6.27. The summed E-state index contributed by atoms with van der Waals surface area (Å²) in [5, 5.41) is 3.20. The van der Waals surface area contributed by atoms with E-state index >= 15 is 0 Å². The number of aryl methyl sites for hydroxylation is 1. The molecule has 1 heterocycles. The Morgan fingerprint density at radius 3 is 2.68 bits per heavy atom. The number of amides is 1. The van der Waals surface area contributed by atoms with Gasteiger partial charge >= 0.3 is 0 Å². The molecule has 2 rings (SSSR count). The van der Waals surface area contributed by atoms with Crippen LogP contribution < -0.4 is 5.32 Å². The molecule has 1 fully saturated rings. The van der Waals surface area contributed by atoms with Crippen molar-refractivity contribution in [1.82, 2.24) is 10.2 Å². The number of piperidine rings is 1. The maximum atomic E-state index is 12.4. The van der Waals surface area contributed by atoms with E-state index in [0.29, 0.717) is 6.04 Å². The lowest BCUT2D eigenvalue weighted by atomic mass is 10.0. The van der Waals surface area contributed by atoms with E-state index in [2.05, 4.69) is 52.7 Å². The molecule has 0 atom stereocenters. The van der Waals surface area contributed by atoms with Gasteiger partial charge in [0, 0.05) is 29.2 Å². The molecule has 1 amide bonds. The van der Waals surface area contributed by atoms with Crippen molar-refractivity contribution in [3.05, 3.63) is 44.5 Å². The number of hydrogen-bond donors (Lipinski definition) is 1. The zero-order chi connectivity index (χ0) is 16.1. The van der Waals surface area contributed by atoms with E-state index in [1.807, 2.05) is 25.1 Å². The van der Waals surface area contributed by atoms with Crippen molar-refractivity contribution >= 4 is 28.5 Å². The molecule has 0 aromatic heterocycles. The Bertz CT molecular complexity index is 556. The number of nitrogens with one attached hydrogen (secondary N) is 1. The third-order valence-electron chi connectivity index (χ3n) is 4.12.